The minimum absolute atomic E-state index is 0.145. The second kappa shape index (κ2) is 5.93. The van der Waals surface area contributed by atoms with Gasteiger partial charge in [-0.15, -0.1) is 0 Å². The van der Waals surface area contributed by atoms with Crippen LogP contribution < -0.4 is 5.32 Å². The number of amides is 1. The lowest BCUT2D eigenvalue weighted by Gasteiger charge is -2.05. The number of benzene rings is 1. The Morgan fingerprint density at radius 2 is 2.05 bits per heavy atom. The van der Waals surface area contributed by atoms with Crippen LogP contribution in [0.3, 0.4) is 0 Å². The van der Waals surface area contributed by atoms with Crippen molar-refractivity contribution in [3.63, 3.8) is 0 Å². The third-order valence-electron chi connectivity index (χ3n) is 3.15. The smallest absolute Gasteiger partial charge is 0.252 e. The molecule has 2 heterocycles. The van der Waals surface area contributed by atoms with E-state index in [0.717, 1.165) is 17.5 Å². The number of imidazole rings is 1. The van der Waals surface area contributed by atoms with Crippen LogP contribution in [-0.2, 0) is 6.42 Å². The van der Waals surface area contributed by atoms with Crippen LogP contribution in [-0.4, -0.2) is 27.4 Å². The number of nitrogens with zero attached hydrogens (tertiary/aromatic N) is 2. The molecule has 0 aliphatic carbocycles. The van der Waals surface area contributed by atoms with Gasteiger partial charge in [0, 0.05) is 17.8 Å². The highest BCUT2D eigenvalue weighted by Gasteiger charge is 2.07. The Hall–Kier alpha value is -2.40. The first-order valence-corrected chi connectivity index (χ1v) is 6.92. The van der Waals surface area contributed by atoms with Gasteiger partial charge in [-0.2, -0.15) is 0 Å². The van der Waals surface area contributed by atoms with Crippen molar-refractivity contribution < 1.29 is 4.79 Å². The van der Waals surface area contributed by atoms with E-state index in [4.69, 9.17) is 11.6 Å². The molecule has 0 aliphatic rings. The molecule has 1 aromatic carbocycles. The molecule has 0 atom stereocenters. The molecule has 0 spiro atoms. The number of aromatic nitrogens is 3. The zero-order valence-electron chi connectivity index (χ0n) is 11.1. The predicted octanol–water partition coefficient (Wildman–Crippen LogP) is 2.58. The molecule has 2 aromatic heterocycles. The summed E-state index contributed by atoms with van der Waals surface area (Å²) in [6.45, 7) is 0.557. The summed E-state index contributed by atoms with van der Waals surface area (Å²) in [5, 5.41) is 3.58. The average Bonchev–Trinajstić information content (AvgIpc) is 2.96. The molecule has 0 unspecified atom stereocenters. The number of aromatic amines is 1. The minimum atomic E-state index is -0.145. The van der Waals surface area contributed by atoms with Gasteiger partial charge in [-0.25, -0.2) is 9.97 Å². The van der Waals surface area contributed by atoms with Gasteiger partial charge in [0.15, 0.2) is 5.65 Å². The van der Waals surface area contributed by atoms with Crippen LogP contribution >= 0.6 is 11.6 Å². The summed E-state index contributed by atoms with van der Waals surface area (Å²) in [6.07, 6.45) is 3.84. The molecule has 0 aliphatic heterocycles. The highest BCUT2D eigenvalue weighted by molar-refractivity contribution is 6.30. The van der Waals surface area contributed by atoms with Crippen molar-refractivity contribution in [3.8, 4) is 0 Å². The average molecular weight is 301 g/mol. The fourth-order valence-electron chi connectivity index (χ4n) is 2.03. The first-order valence-electron chi connectivity index (χ1n) is 6.54. The summed E-state index contributed by atoms with van der Waals surface area (Å²) >= 11 is 5.83. The number of hydrogen-bond donors (Lipinski definition) is 2. The van der Waals surface area contributed by atoms with Gasteiger partial charge in [0.2, 0.25) is 0 Å². The molecule has 3 rings (SSSR count). The van der Waals surface area contributed by atoms with Crippen molar-refractivity contribution in [3.05, 3.63) is 59.0 Å². The molecule has 0 saturated heterocycles. The SMILES string of the molecule is O=C(NCCc1ccc(Cl)cc1)c1cnc2nc[nH]c2c1. The Morgan fingerprint density at radius 1 is 1.24 bits per heavy atom. The van der Waals surface area contributed by atoms with E-state index in [-0.39, 0.29) is 5.91 Å². The zero-order valence-corrected chi connectivity index (χ0v) is 11.9. The van der Waals surface area contributed by atoms with E-state index < -0.39 is 0 Å². The molecule has 0 bridgehead atoms. The van der Waals surface area contributed by atoms with E-state index in [1.54, 1.807) is 12.4 Å². The standard InChI is InChI=1S/C15H13ClN4O/c16-12-3-1-10(2-4-12)5-6-17-15(21)11-7-13-14(18-8-11)20-9-19-13/h1-4,7-9H,5-6H2,(H,17,21)(H,18,19,20). The van der Waals surface area contributed by atoms with Crippen LogP contribution in [0.15, 0.2) is 42.9 Å². The number of halogens is 1. The molecule has 0 radical (unpaired) electrons. The van der Waals surface area contributed by atoms with Crippen LogP contribution in [0.4, 0.5) is 0 Å². The van der Waals surface area contributed by atoms with Crippen molar-refractivity contribution in [2.45, 2.75) is 6.42 Å². The van der Waals surface area contributed by atoms with E-state index in [9.17, 15) is 4.79 Å². The van der Waals surface area contributed by atoms with Gasteiger partial charge in [-0.05, 0) is 30.2 Å². The van der Waals surface area contributed by atoms with Gasteiger partial charge >= 0.3 is 0 Å². The van der Waals surface area contributed by atoms with Gasteiger partial charge in [-0.1, -0.05) is 23.7 Å². The van der Waals surface area contributed by atoms with Gasteiger partial charge in [0.25, 0.3) is 5.91 Å². The van der Waals surface area contributed by atoms with E-state index >= 15 is 0 Å². The Balaban J connectivity index is 1.59. The van der Waals surface area contributed by atoms with E-state index in [1.807, 2.05) is 24.3 Å². The van der Waals surface area contributed by atoms with Crippen molar-refractivity contribution in [1.82, 2.24) is 20.3 Å². The number of rotatable bonds is 4. The second-order valence-corrected chi connectivity index (χ2v) is 5.07. The molecule has 6 heteroatoms. The van der Waals surface area contributed by atoms with Crippen molar-refractivity contribution in [2.24, 2.45) is 0 Å². The largest absolute Gasteiger partial charge is 0.352 e. The van der Waals surface area contributed by atoms with Crippen molar-refractivity contribution in [1.29, 1.82) is 0 Å². The first kappa shape index (κ1) is 13.6. The maximum Gasteiger partial charge on any atom is 0.252 e. The normalized spacial score (nSPS) is 10.7. The fraction of sp³-hybridized carbons (Fsp3) is 0.133. The van der Waals surface area contributed by atoms with Gasteiger partial charge in [-0.3, -0.25) is 4.79 Å². The number of hydrogen-bond acceptors (Lipinski definition) is 3. The molecule has 1 amide bonds. The Kier molecular flexibility index (Phi) is 3.83. The van der Waals surface area contributed by atoms with E-state index in [2.05, 4.69) is 20.3 Å². The van der Waals surface area contributed by atoms with Gasteiger partial charge < -0.3 is 10.3 Å². The number of H-pyrrole nitrogens is 1. The molecular formula is C15H13ClN4O. The van der Waals surface area contributed by atoms with Crippen molar-refractivity contribution in [2.75, 3.05) is 6.54 Å². The minimum Gasteiger partial charge on any atom is -0.352 e. The fourth-order valence-corrected chi connectivity index (χ4v) is 2.15. The lowest BCUT2D eigenvalue weighted by molar-refractivity contribution is 0.0954. The summed E-state index contributed by atoms with van der Waals surface area (Å²) < 4.78 is 0. The number of carbonyl (C=O) groups is 1. The maximum atomic E-state index is 12.0. The third kappa shape index (κ3) is 3.20. The third-order valence-corrected chi connectivity index (χ3v) is 3.40. The maximum absolute atomic E-state index is 12.0. The predicted molar refractivity (Wildman–Crippen MR) is 81.4 cm³/mol. The van der Waals surface area contributed by atoms with E-state index in [0.29, 0.717) is 22.8 Å². The lowest BCUT2D eigenvalue weighted by atomic mass is 10.1. The molecule has 0 saturated carbocycles. The molecule has 5 nitrogen and oxygen atoms in total. The second-order valence-electron chi connectivity index (χ2n) is 4.63. The van der Waals surface area contributed by atoms with Gasteiger partial charge in [0.05, 0.1) is 17.4 Å². The summed E-state index contributed by atoms with van der Waals surface area (Å²) in [5.41, 5.74) is 3.00. The summed E-state index contributed by atoms with van der Waals surface area (Å²) in [4.78, 5) is 23.1. The summed E-state index contributed by atoms with van der Waals surface area (Å²) in [5.74, 6) is -0.145. The van der Waals surface area contributed by atoms with Crippen LogP contribution in [0.1, 0.15) is 15.9 Å². The van der Waals surface area contributed by atoms with Crippen LogP contribution in [0.5, 0.6) is 0 Å². The Morgan fingerprint density at radius 3 is 2.86 bits per heavy atom. The topological polar surface area (TPSA) is 70.7 Å². The Bertz CT molecular complexity index is 767. The van der Waals surface area contributed by atoms with Crippen molar-refractivity contribution >= 4 is 28.7 Å². The number of pyridine rings is 1. The molecule has 3 aromatic rings. The number of carbonyl (C=O) groups excluding carboxylic acids is 1. The van der Waals surface area contributed by atoms with Crippen LogP contribution in [0, 0.1) is 0 Å². The highest BCUT2D eigenvalue weighted by atomic mass is 35.5. The molecule has 2 N–H and O–H groups in total. The summed E-state index contributed by atoms with van der Waals surface area (Å²) in [6, 6.07) is 9.33. The quantitative estimate of drug-likeness (QED) is 0.778. The molecule has 21 heavy (non-hydrogen) atoms. The first-order chi connectivity index (χ1) is 10.2. The van der Waals surface area contributed by atoms with Gasteiger partial charge in [0.1, 0.15) is 0 Å². The number of nitrogens with one attached hydrogen (secondary N) is 2. The monoisotopic (exact) mass is 300 g/mol. The summed E-state index contributed by atoms with van der Waals surface area (Å²) in [7, 11) is 0. The highest BCUT2D eigenvalue weighted by Crippen LogP contribution is 2.10. The van der Waals surface area contributed by atoms with Crippen LogP contribution in [0.2, 0.25) is 5.02 Å². The zero-order chi connectivity index (χ0) is 14.7. The van der Waals surface area contributed by atoms with E-state index in [1.165, 1.54) is 6.20 Å². The number of fused-ring (bicyclic) bond motifs is 1. The molecule has 0 fully saturated rings. The van der Waals surface area contributed by atoms with Crippen LogP contribution in [0.25, 0.3) is 11.2 Å². The Labute approximate surface area is 126 Å². The lowest BCUT2D eigenvalue weighted by Crippen LogP contribution is -2.25. The molecule has 106 valence electrons. The molecular weight excluding hydrogens is 288 g/mol.